The van der Waals surface area contributed by atoms with E-state index in [1.54, 1.807) is 6.20 Å². The number of hydrogen-bond donors (Lipinski definition) is 2. The molecule has 1 aliphatic carbocycles. The molecule has 1 aromatic rings. The van der Waals surface area contributed by atoms with Gasteiger partial charge in [-0.3, -0.25) is 9.48 Å². The van der Waals surface area contributed by atoms with E-state index in [0.717, 1.165) is 49.7 Å². The van der Waals surface area contributed by atoms with E-state index < -0.39 is 11.5 Å². The van der Waals surface area contributed by atoms with Crippen molar-refractivity contribution in [1.29, 1.82) is 0 Å². The Morgan fingerprint density at radius 3 is 3.10 bits per heavy atom. The van der Waals surface area contributed by atoms with Gasteiger partial charge < -0.3 is 10.4 Å². The highest BCUT2D eigenvalue weighted by Crippen LogP contribution is 2.38. The summed E-state index contributed by atoms with van der Waals surface area (Å²) in [7, 11) is 0. The van der Waals surface area contributed by atoms with Gasteiger partial charge >= 0.3 is 5.97 Å². The predicted octanol–water partition coefficient (Wildman–Crippen LogP) is 2.66. The molecule has 1 heterocycles. The number of halogens is 1. The maximum atomic E-state index is 11.8. The number of nitrogens with zero attached hydrogens (tertiary/aromatic N) is 2. The van der Waals surface area contributed by atoms with Crippen LogP contribution in [0, 0.1) is 5.92 Å². The number of rotatable bonds is 7. The second kappa shape index (κ2) is 6.72. The van der Waals surface area contributed by atoms with Crippen molar-refractivity contribution >= 4 is 21.9 Å². The predicted molar refractivity (Wildman–Crippen MR) is 80.5 cm³/mol. The standard InChI is InChI=1S/C14H22BrN3O2/c1-2-7-16-14(13(19)20)6-3-4-11(14)5-8-18-10-12(15)9-17-18/h9-11,16H,2-8H2,1H3,(H,19,20). The minimum Gasteiger partial charge on any atom is -0.480 e. The molecule has 20 heavy (non-hydrogen) atoms. The Morgan fingerprint density at radius 2 is 2.50 bits per heavy atom. The molecule has 0 aliphatic heterocycles. The van der Waals surface area contributed by atoms with E-state index >= 15 is 0 Å². The quantitative estimate of drug-likeness (QED) is 0.798. The largest absolute Gasteiger partial charge is 0.480 e. The van der Waals surface area contributed by atoms with Crippen LogP contribution in [0.5, 0.6) is 0 Å². The number of carbonyl (C=O) groups is 1. The molecule has 2 N–H and O–H groups in total. The molecule has 1 fully saturated rings. The van der Waals surface area contributed by atoms with Crippen molar-refractivity contribution < 1.29 is 9.90 Å². The molecule has 2 unspecified atom stereocenters. The third-order valence-corrected chi connectivity index (χ3v) is 4.61. The summed E-state index contributed by atoms with van der Waals surface area (Å²) < 4.78 is 2.83. The first kappa shape index (κ1) is 15.5. The lowest BCUT2D eigenvalue weighted by Gasteiger charge is -2.32. The van der Waals surface area contributed by atoms with Gasteiger partial charge in [0.25, 0.3) is 0 Å². The van der Waals surface area contributed by atoms with Crippen molar-refractivity contribution in [3.63, 3.8) is 0 Å². The van der Waals surface area contributed by atoms with E-state index in [4.69, 9.17) is 0 Å². The van der Waals surface area contributed by atoms with E-state index in [1.165, 1.54) is 0 Å². The molecular formula is C14H22BrN3O2. The molecule has 1 aliphatic rings. The number of aliphatic carboxylic acids is 1. The van der Waals surface area contributed by atoms with Gasteiger partial charge in [-0.1, -0.05) is 13.3 Å². The third-order valence-electron chi connectivity index (χ3n) is 4.20. The van der Waals surface area contributed by atoms with Crippen LogP contribution in [0.4, 0.5) is 0 Å². The van der Waals surface area contributed by atoms with Crippen molar-refractivity contribution in [2.45, 2.75) is 51.1 Å². The highest BCUT2D eigenvalue weighted by Gasteiger charge is 2.48. The third kappa shape index (κ3) is 3.23. The fourth-order valence-electron chi connectivity index (χ4n) is 3.16. The maximum Gasteiger partial charge on any atom is 0.324 e. The first-order valence-electron chi connectivity index (χ1n) is 7.25. The Bertz CT molecular complexity index is 463. The number of aromatic nitrogens is 2. The van der Waals surface area contributed by atoms with Crippen LogP contribution in [-0.2, 0) is 11.3 Å². The second-order valence-electron chi connectivity index (χ2n) is 5.50. The summed E-state index contributed by atoms with van der Waals surface area (Å²) in [5.41, 5.74) is -0.736. The molecule has 5 nitrogen and oxygen atoms in total. The summed E-state index contributed by atoms with van der Waals surface area (Å²) >= 11 is 3.38. The molecular weight excluding hydrogens is 322 g/mol. The maximum absolute atomic E-state index is 11.8. The summed E-state index contributed by atoms with van der Waals surface area (Å²) in [5.74, 6) is -0.523. The van der Waals surface area contributed by atoms with Gasteiger partial charge in [-0.05, 0) is 54.1 Å². The van der Waals surface area contributed by atoms with Gasteiger partial charge in [-0.15, -0.1) is 0 Å². The first-order chi connectivity index (χ1) is 9.58. The summed E-state index contributed by atoms with van der Waals surface area (Å²) in [6.45, 7) is 3.59. The lowest BCUT2D eigenvalue weighted by molar-refractivity contribution is -0.146. The zero-order valence-electron chi connectivity index (χ0n) is 11.8. The van der Waals surface area contributed by atoms with Crippen LogP contribution >= 0.6 is 15.9 Å². The summed E-state index contributed by atoms with van der Waals surface area (Å²) in [6.07, 6.45) is 8.17. The van der Waals surface area contributed by atoms with E-state index in [1.807, 2.05) is 10.9 Å². The fourth-order valence-corrected chi connectivity index (χ4v) is 3.48. The van der Waals surface area contributed by atoms with Crippen LogP contribution in [0.25, 0.3) is 0 Å². The minimum absolute atomic E-state index is 0.175. The van der Waals surface area contributed by atoms with Crippen LogP contribution in [0.1, 0.15) is 39.0 Å². The van der Waals surface area contributed by atoms with Gasteiger partial charge in [0.2, 0.25) is 0 Å². The number of hydrogen-bond acceptors (Lipinski definition) is 3. The van der Waals surface area contributed by atoms with Crippen LogP contribution < -0.4 is 5.32 Å². The summed E-state index contributed by atoms with van der Waals surface area (Å²) in [5, 5.41) is 17.2. The van der Waals surface area contributed by atoms with Gasteiger partial charge in [0.15, 0.2) is 0 Å². The Morgan fingerprint density at radius 1 is 1.70 bits per heavy atom. The van der Waals surface area contributed by atoms with Crippen LogP contribution in [0.15, 0.2) is 16.9 Å². The molecule has 0 aromatic carbocycles. The lowest BCUT2D eigenvalue weighted by Crippen LogP contribution is -2.55. The average Bonchev–Trinajstić information content (AvgIpc) is 3.01. The van der Waals surface area contributed by atoms with Crippen molar-refractivity contribution in [3.05, 3.63) is 16.9 Å². The highest BCUT2D eigenvalue weighted by atomic mass is 79.9. The molecule has 6 heteroatoms. The van der Waals surface area contributed by atoms with Gasteiger partial charge in [0, 0.05) is 12.7 Å². The number of nitrogens with one attached hydrogen (secondary N) is 1. The average molecular weight is 344 g/mol. The zero-order chi connectivity index (χ0) is 14.6. The Hall–Kier alpha value is -0.880. The van der Waals surface area contributed by atoms with Crippen LogP contribution in [0.2, 0.25) is 0 Å². The zero-order valence-corrected chi connectivity index (χ0v) is 13.4. The smallest absolute Gasteiger partial charge is 0.324 e. The van der Waals surface area contributed by atoms with E-state index in [2.05, 4.69) is 33.3 Å². The molecule has 0 saturated heterocycles. The molecule has 0 radical (unpaired) electrons. The molecule has 2 rings (SSSR count). The first-order valence-corrected chi connectivity index (χ1v) is 8.04. The highest BCUT2D eigenvalue weighted by molar-refractivity contribution is 9.10. The van der Waals surface area contributed by atoms with Crippen molar-refractivity contribution in [2.75, 3.05) is 6.54 Å². The van der Waals surface area contributed by atoms with Gasteiger partial charge in [-0.2, -0.15) is 5.10 Å². The topological polar surface area (TPSA) is 67.2 Å². The lowest BCUT2D eigenvalue weighted by atomic mass is 9.84. The summed E-state index contributed by atoms with van der Waals surface area (Å²) in [4.78, 5) is 11.8. The molecule has 112 valence electrons. The van der Waals surface area contributed by atoms with E-state index in [9.17, 15) is 9.90 Å². The second-order valence-corrected chi connectivity index (χ2v) is 6.42. The fraction of sp³-hybridized carbons (Fsp3) is 0.714. The molecule has 1 aromatic heterocycles. The summed E-state index contributed by atoms with van der Waals surface area (Å²) in [6, 6.07) is 0. The van der Waals surface area contributed by atoms with Crippen LogP contribution in [0.3, 0.4) is 0 Å². The number of carboxylic acid groups (broad SMARTS) is 1. The molecule has 1 saturated carbocycles. The number of aryl methyl sites for hydroxylation is 1. The molecule has 0 spiro atoms. The normalized spacial score (nSPS) is 26.0. The number of carboxylic acids is 1. The van der Waals surface area contributed by atoms with E-state index in [-0.39, 0.29) is 5.92 Å². The molecule has 0 bridgehead atoms. The minimum atomic E-state index is -0.736. The van der Waals surface area contributed by atoms with Gasteiger partial charge in [-0.25, -0.2) is 0 Å². The van der Waals surface area contributed by atoms with Crippen molar-refractivity contribution in [3.8, 4) is 0 Å². The van der Waals surface area contributed by atoms with Crippen LogP contribution in [-0.4, -0.2) is 32.9 Å². The monoisotopic (exact) mass is 343 g/mol. The molecule has 2 atom stereocenters. The Balaban J connectivity index is 2.02. The van der Waals surface area contributed by atoms with E-state index in [0.29, 0.717) is 0 Å². The Labute approximate surface area is 127 Å². The van der Waals surface area contributed by atoms with Crippen molar-refractivity contribution in [2.24, 2.45) is 5.92 Å². The SMILES string of the molecule is CCCNC1(C(=O)O)CCCC1CCn1cc(Br)cn1. The van der Waals surface area contributed by atoms with Gasteiger partial charge in [0.05, 0.1) is 10.7 Å². The van der Waals surface area contributed by atoms with Crippen molar-refractivity contribution in [1.82, 2.24) is 15.1 Å². The Kier molecular flexibility index (Phi) is 5.21. The van der Waals surface area contributed by atoms with Gasteiger partial charge in [0.1, 0.15) is 5.54 Å². The molecule has 0 amide bonds.